The average molecular weight is 267 g/mol. The summed E-state index contributed by atoms with van der Waals surface area (Å²) < 4.78 is 26.9. The van der Waals surface area contributed by atoms with Crippen molar-refractivity contribution in [3.63, 3.8) is 0 Å². The average Bonchev–Trinajstić information content (AvgIpc) is 2.65. The first-order chi connectivity index (χ1) is 8.71. The van der Waals surface area contributed by atoms with Crippen LogP contribution < -0.4 is 5.32 Å². The van der Waals surface area contributed by atoms with E-state index in [1.54, 1.807) is 0 Å². The van der Waals surface area contributed by atoms with Crippen LogP contribution in [0.2, 0.25) is 0 Å². The second kappa shape index (κ2) is 4.55. The molecule has 1 atom stereocenters. The van der Waals surface area contributed by atoms with Gasteiger partial charge >= 0.3 is 0 Å². The third-order valence-corrected chi connectivity index (χ3v) is 5.13. The number of hydrogen-bond donors (Lipinski definition) is 1. The highest BCUT2D eigenvalue weighted by Gasteiger charge is 2.67. The lowest BCUT2D eigenvalue weighted by molar-refractivity contribution is 0.414. The highest BCUT2D eigenvalue weighted by molar-refractivity contribution is 5.28. The van der Waals surface area contributed by atoms with Gasteiger partial charge in [-0.25, -0.2) is 8.78 Å². The van der Waals surface area contributed by atoms with E-state index in [-0.39, 0.29) is 16.9 Å². The molecule has 0 heterocycles. The van der Waals surface area contributed by atoms with E-state index in [0.717, 1.165) is 12.6 Å². The number of benzene rings is 1. The molecule has 1 unspecified atom stereocenters. The fraction of sp³-hybridized carbons (Fsp3) is 0.625. The van der Waals surface area contributed by atoms with Crippen molar-refractivity contribution >= 4 is 0 Å². The Morgan fingerprint density at radius 1 is 1.05 bits per heavy atom. The Balaban J connectivity index is 2.37. The smallest absolute Gasteiger partial charge is 0.126 e. The lowest BCUT2D eigenvalue weighted by Gasteiger charge is -2.21. The predicted octanol–water partition coefficient (Wildman–Crippen LogP) is 4.30. The Labute approximate surface area is 114 Å². The van der Waals surface area contributed by atoms with Crippen LogP contribution in [0.5, 0.6) is 0 Å². The summed E-state index contributed by atoms with van der Waals surface area (Å²) in [7, 11) is 0. The molecule has 0 amide bonds. The topological polar surface area (TPSA) is 12.0 Å². The number of hydrogen-bond acceptors (Lipinski definition) is 1. The minimum atomic E-state index is -0.505. The van der Waals surface area contributed by atoms with Gasteiger partial charge in [0.1, 0.15) is 11.6 Å². The molecule has 1 aromatic carbocycles. The third-order valence-electron chi connectivity index (χ3n) is 5.13. The van der Waals surface area contributed by atoms with E-state index in [1.807, 2.05) is 6.92 Å². The van der Waals surface area contributed by atoms with Gasteiger partial charge in [0.25, 0.3) is 0 Å². The summed E-state index contributed by atoms with van der Waals surface area (Å²) in [5, 5.41) is 3.39. The molecule has 1 saturated carbocycles. The van der Waals surface area contributed by atoms with Crippen LogP contribution in [0.4, 0.5) is 8.78 Å². The van der Waals surface area contributed by atoms with Crippen LogP contribution in [0.3, 0.4) is 0 Å². The number of nitrogens with one attached hydrogen (secondary N) is 1. The van der Waals surface area contributed by atoms with Gasteiger partial charge in [0.15, 0.2) is 0 Å². The van der Waals surface area contributed by atoms with Crippen molar-refractivity contribution in [3.8, 4) is 0 Å². The zero-order valence-electron chi connectivity index (χ0n) is 12.3. The van der Waals surface area contributed by atoms with Gasteiger partial charge in [-0.15, -0.1) is 0 Å². The van der Waals surface area contributed by atoms with E-state index in [1.165, 1.54) is 12.1 Å². The molecule has 0 bridgehead atoms. The SMILES string of the molecule is CCNC(c1cc(F)cc(F)c1)C1C(C)(C)C1(C)C. The third kappa shape index (κ3) is 2.29. The van der Waals surface area contributed by atoms with Crippen molar-refractivity contribution in [2.45, 2.75) is 40.7 Å². The summed E-state index contributed by atoms with van der Waals surface area (Å²) in [6.07, 6.45) is 0. The van der Waals surface area contributed by atoms with Gasteiger partial charge in [0.2, 0.25) is 0 Å². The van der Waals surface area contributed by atoms with Crippen LogP contribution in [0.15, 0.2) is 18.2 Å². The maximum Gasteiger partial charge on any atom is 0.126 e. The second-order valence-corrected chi connectivity index (χ2v) is 6.66. The zero-order valence-corrected chi connectivity index (χ0v) is 12.3. The predicted molar refractivity (Wildman–Crippen MR) is 73.8 cm³/mol. The van der Waals surface area contributed by atoms with Gasteiger partial charge in [-0.3, -0.25) is 0 Å². The number of halogens is 2. The summed E-state index contributed by atoms with van der Waals surface area (Å²) in [6.45, 7) is 11.7. The van der Waals surface area contributed by atoms with Crippen molar-refractivity contribution < 1.29 is 8.78 Å². The van der Waals surface area contributed by atoms with Crippen LogP contribution in [-0.2, 0) is 0 Å². The fourth-order valence-electron chi connectivity index (χ4n) is 3.48. The van der Waals surface area contributed by atoms with E-state index >= 15 is 0 Å². The molecule has 19 heavy (non-hydrogen) atoms. The van der Waals surface area contributed by atoms with Crippen molar-refractivity contribution in [1.82, 2.24) is 5.32 Å². The zero-order chi connectivity index (χ0) is 14.4. The van der Waals surface area contributed by atoms with Crippen molar-refractivity contribution in [2.24, 2.45) is 16.7 Å². The molecule has 1 aliphatic rings. The molecule has 0 aromatic heterocycles. The van der Waals surface area contributed by atoms with Crippen molar-refractivity contribution in [1.29, 1.82) is 0 Å². The van der Waals surface area contributed by atoms with Crippen LogP contribution >= 0.6 is 0 Å². The molecule has 2 rings (SSSR count). The Hall–Kier alpha value is -0.960. The molecule has 1 nitrogen and oxygen atoms in total. The van der Waals surface area contributed by atoms with E-state index in [0.29, 0.717) is 11.5 Å². The van der Waals surface area contributed by atoms with Gasteiger partial charge in [-0.05, 0) is 41.0 Å². The Bertz CT molecular complexity index is 445. The minimum Gasteiger partial charge on any atom is -0.310 e. The molecule has 3 heteroatoms. The maximum absolute atomic E-state index is 13.4. The summed E-state index contributed by atoms with van der Waals surface area (Å²) in [4.78, 5) is 0. The largest absolute Gasteiger partial charge is 0.310 e. The lowest BCUT2D eigenvalue weighted by atomic mass is 9.96. The van der Waals surface area contributed by atoms with Gasteiger partial charge in [-0.2, -0.15) is 0 Å². The normalized spacial score (nSPS) is 22.3. The summed E-state index contributed by atoms with van der Waals surface area (Å²) >= 11 is 0. The van der Waals surface area contributed by atoms with Gasteiger partial charge in [-0.1, -0.05) is 34.6 Å². The fourth-order valence-corrected chi connectivity index (χ4v) is 3.48. The Morgan fingerprint density at radius 2 is 1.53 bits per heavy atom. The Kier molecular flexibility index (Phi) is 3.46. The van der Waals surface area contributed by atoms with E-state index in [2.05, 4.69) is 33.0 Å². The standard InChI is InChI=1S/C16H23F2N/c1-6-19-13(14-15(2,3)16(14,4)5)10-7-11(17)9-12(18)8-10/h7-9,13-14,19H,6H2,1-5H3. The molecule has 106 valence electrons. The van der Waals surface area contributed by atoms with Gasteiger partial charge in [0, 0.05) is 12.1 Å². The van der Waals surface area contributed by atoms with Crippen LogP contribution in [-0.4, -0.2) is 6.54 Å². The highest BCUT2D eigenvalue weighted by atomic mass is 19.1. The first-order valence-corrected chi connectivity index (χ1v) is 6.91. The summed E-state index contributed by atoms with van der Waals surface area (Å²) in [6, 6.07) is 3.82. The maximum atomic E-state index is 13.4. The van der Waals surface area contributed by atoms with Crippen LogP contribution in [0.1, 0.15) is 46.2 Å². The molecule has 0 aliphatic heterocycles. The van der Waals surface area contributed by atoms with Gasteiger partial charge < -0.3 is 5.32 Å². The molecular weight excluding hydrogens is 244 g/mol. The van der Waals surface area contributed by atoms with E-state index in [9.17, 15) is 8.78 Å². The number of rotatable bonds is 4. The molecule has 0 spiro atoms. The van der Waals surface area contributed by atoms with Crippen LogP contribution in [0.25, 0.3) is 0 Å². The molecule has 1 aromatic rings. The summed E-state index contributed by atoms with van der Waals surface area (Å²) in [5.74, 6) is -0.635. The molecule has 0 saturated heterocycles. The van der Waals surface area contributed by atoms with Crippen molar-refractivity contribution in [3.05, 3.63) is 35.4 Å². The molecule has 1 aliphatic carbocycles. The first-order valence-electron chi connectivity index (χ1n) is 6.91. The molecule has 1 fully saturated rings. The molecular formula is C16H23F2N. The minimum absolute atomic E-state index is 0.000185. The summed E-state index contributed by atoms with van der Waals surface area (Å²) in [5.41, 5.74) is 1.05. The second-order valence-electron chi connectivity index (χ2n) is 6.66. The van der Waals surface area contributed by atoms with Crippen LogP contribution in [0, 0.1) is 28.4 Å². The molecule has 0 radical (unpaired) electrons. The van der Waals surface area contributed by atoms with Gasteiger partial charge in [0.05, 0.1) is 0 Å². The van der Waals surface area contributed by atoms with E-state index in [4.69, 9.17) is 0 Å². The monoisotopic (exact) mass is 267 g/mol. The first kappa shape index (κ1) is 14.4. The lowest BCUT2D eigenvalue weighted by Crippen LogP contribution is -2.25. The highest BCUT2D eigenvalue weighted by Crippen LogP contribution is 2.72. The van der Waals surface area contributed by atoms with E-state index < -0.39 is 11.6 Å². The Morgan fingerprint density at radius 3 is 1.89 bits per heavy atom. The molecule has 1 N–H and O–H groups in total. The van der Waals surface area contributed by atoms with Crippen molar-refractivity contribution in [2.75, 3.05) is 6.54 Å². The quantitative estimate of drug-likeness (QED) is 0.857.